The third kappa shape index (κ3) is 3.44. The molecule has 20 heavy (non-hydrogen) atoms. The topological polar surface area (TPSA) is 110 Å². The van der Waals surface area contributed by atoms with Crippen molar-refractivity contribution in [2.75, 3.05) is 17.0 Å². The summed E-state index contributed by atoms with van der Waals surface area (Å²) in [7, 11) is -3.20. The summed E-state index contributed by atoms with van der Waals surface area (Å²) in [5, 5.41) is 3.04. The summed E-state index contributed by atoms with van der Waals surface area (Å²) in [5.41, 5.74) is 3.04. The molecule has 2 aromatic rings. The molecule has 1 aromatic carbocycles. The molecule has 4 N–H and O–H groups in total. The predicted molar refractivity (Wildman–Crippen MR) is 80.4 cm³/mol. The van der Waals surface area contributed by atoms with Gasteiger partial charge in [-0.05, 0) is 40.2 Å². The lowest BCUT2D eigenvalue weighted by Gasteiger charge is -2.09. The van der Waals surface area contributed by atoms with Gasteiger partial charge in [0, 0.05) is 18.1 Å². The zero-order valence-corrected chi connectivity index (χ0v) is 12.9. The maximum absolute atomic E-state index is 11.4. The zero-order chi connectivity index (χ0) is 14.8. The van der Waals surface area contributed by atoms with Gasteiger partial charge in [-0.3, -0.25) is 5.43 Å². The lowest BCUT2D eigenvalue weighted by atomic mass is 10.3. The molecular weight excluding hydrogens is 346 g/mol. The van der Waals surface area contributed by atoms with E-state index in [4.69, 9.17) is 5.84 Å². The maximum atomic E-state index is 11.4. The summed E-state index contributed by atoms with van der Waals surface area (Å²) < 4.78 is 23.4. The van der Waals surface area contributed by atoms with Gasteiger partial charge in [0.2, 0.25) is 5.95 Å². The number of hydrogen-bond donors (Lipinski definition) is 3. The summed E-state index contributed by atoms with van der Waals surface area (Å²) in [5.74, 6) is 6.03. The van der Waals surface area contributed by atoms with Crippen LogP contribution in [0.5, 0.6) is 0 Å². The van der Waals surface area contributed by atoms with E-state index in [2.05, 4.69) is 36.6 Å². The SMILES string of the molecule is CS(=O)(=O)c1ccc(Nc2nc(NN)ncc2Br)cc1. The van der Waals surface area contributed by atoms with Crippen LogP contribution < -0.4 is 16.6 Å². The molecular formula is C11H12BrN5O2S. The van der Waals surface area contributed by atoms with Crippen LogP contribution in [0.4, 0.5) is 17.5 Å². The van der Waals surface area contributed by atoms with Gasteiger partial charge >= 0.3 is 0 Å². The first-order chi connectivity index (χ1) is 9.40. The zero-order valence-electron chi connectivity index (χ0n) is 10.5. The maximum Gasteiger partial charge on any atom is 0.239 e. The molecule has 1 heterocycles. The van der Waals surface area contributed by atoms with Crippen LogP contribution in [-0.2, 0) is 9.84 Å². The Morgan fingerprint density at radius 1 is 1.25 bits per heavy atom. The Labute approximate surface area is 124 Å². The first kappa shape index (κ1) is 14.7. The van der Waals surface area contributed by atoms with Crippen LogP contribution in [0, 0.1) is 0 Å². The third-order valence-electron chi connectivity index (χ3n) is 2.42. The number of nitrogens with zero attached hydrogens (tertiary/aromatic N) is 2. The number of aromatic nitrogens is 2. The lowest BCUT2D eigenvalue weighted by Crippen LogP contribution is -2.11. The molecule has 1 aromatic heterocycles. The number of hydrogen-bond acceptors (Lipinski definition) is 7. The van der Waals surface area contributed by atoms with Gasteiger partial charge in [0.25, 0.3) is 0 Å². The second-order valence-corrected chi connectivity index (χ2v) is 6.83. The molecule has 0 spiro atoms. The van der Waals surface area contributed by atoms with Crippen LogP contribution in [0.1, 0.15) is 0 Å². The molecule has 0 fully saturated rings. The number of nitrogens with two attached hydrogens (primary N) is 1. The highest BCUT2D eigenvalue weighted by Crippen LogP contribution is 2.24. The van der Waals surface area contributed by atoms with Crippen molar-refractivity contribution in [1.29, 1.82) is 0 Å². The van der Waals surface area contributed by atoms with Gasteiger partial charge in [-0.2, -0.15) is 4.98 Å². The van der Waals surface area contributed by atoms with Gasteiger partial charge in [0.15, 0.2) is 9.84 Å². The number of halogens is 1. The van der Waals surface area contributed by atoms with E-state index in [0.29, 0.717) is 16.0 Å². The van der Waals surface area contributed by atoms with E-state index in [1.165, 1.54) is 12.1 Å². The van der Waals surface area contributed by atoms with E-state index in [1.807, 2.05) is 0 Å². The molecule has 2 rings (SSSR count). The molecule has 0 amide bonds. The smallest absolute Gasteiger partial charge is 0.239 e. The first-order valence-electron chi connectivity index (χ1n) is 5.46. The molecule has 106 valence electrons. The highest BCUT2D eigenvalue weighted by molar-refractivity contribution is 9.10. The summed E-state index contributed by atoms with van der Waals surface area (Å²) >= 11 is 3.31. The fourth-order valence-electron chi connectivity index (χ4n) is 1.45. The molecule has 7 nitrogen and oxygen atoms in total. The predicted octanol–water partition coefficient (Wildman–Crippen LogP) is 1.67. The molecule has 0 saturated heterocycles. The number of rotatable bonds is 4. The van der Waals surface area contributed by atoms with E-state index in [1.54, 1.807) is 18.3 Å². The molecule has 0 radical (unpaired) electrons. The lowest BCUT2D eigenvalue weighted by molar-refractivity contribution is 0.602. The number of sulfone groups is 1. The highest BCUT2D eigenvalue weighted by Gasteiger charge is 2.08. The van der Waals surface area contributed by atoms with Crippen molar-refractivity contribution in [2.45, 2.75) is 4.90 Å². The Balaban J connectivity index is 2.26. The molecule has 0 bridgehead atoms. The van der Waals surface area contributed by atoms with Gasteiger partial charge in [-0.15, -0.1) is 0 Å². The largest absolute Gasteiger partial charge is 0.339 e. The van der Waals surface area contributed by atoms with Gasteiger partial charge < -0.3 is 5.32 Å². The van der Waals surface area contributed by atoms with Gasteiger partial charge in [0.1, 0.15) is 5.82 Å². The second-order valence-electron chi connectivity index (χ2n) is 3.96. The van der Waals surface area contributed by atoms with Crippen molar-refractivity contribution in [3.63, 3.8) is 0 Å². The Kier molecular flexibility index (Phi) is 4.21. The standard InChI is InChI=1S/C11H12BrN5O2S/c1-20(18,19)8-4-2-7(3-5-8)15-10-9(12)6-14-11(16-10)17-13/h2-6H,13H2,1H3,(H2,14,15,16,17). The normalized spacial score (nSPS) is 11.2. The fourth-order valence-corrected chi connectivity index (χ4v) is 2.37. The summed E-state index contributed by atoms with van der Waals surface area (Å²) in [6.07, 6.45) is 2.71. The number of anilines is 3. The van der Waals surface area contributed by atoms with E-state index >= 15 is 0 Å². The highest BCUT2D eigenvalue weighted by atomic mass is 79.9. The Morgan fingerprint density at radius 3 is 2.45 bits per heavy atom. The summed E-state index contributed by atoms with van der Waals surface area (Å²) in [4.78, 5) is 8.32. The first-order valence-corrected chi connectivity index (χ1v) is 8.15. The average Bonchev–Trinajstić information content (AvgIpc) is 2.41. The number of nitrogens with one attached hydrogen (secondary N) is 2. The molecule has 0 atom stereocenters. The summed E-state index contributed by atoms with van der Waals surface area (Å²) in [6.45, 7) is 0. The summed E-state index contributed by atoms with van der Waals surface area (Å²) in [6, 6.07) is 6.35. The second kappa shape index (κ2) is 5.73. The Bertz CT molecular complexity index is 718. The van der Waals surface area contributed by atoms with Crippen LogP contribution in [0.3, 0.4) is 0 Å². The van der Waals surface area contributed by atoms with Crippen molar-refractivity contribution < 1.29 is 8.42 Å². The molecule has 0 saturated carbocycles. The van der Waals surface area contributed by atoms with Crippen LogP contribution in [0.25, 0.3) is 0 Å². The van der Waals surface area contributed by atoms with Crippen LogP contribution in [-0.4, -0.2) is 24.6 Å². The minimum Gasteiger partial charge on any atom is -0.339 e. The van der Waals surface area contributed by atoms with Crippen molar-refractivity contribution in [1.82, 2.24) is 9.97 Å². The quantitative estimate of drug-likeness (QED) is 0.563. The molecule has 0 aliphatic carbocycles. The van der Waals surface area contributed by atoms with Crippen molar-refractivity contribution >= 4 is 43.2 Å². The molecule has 0 unspecified atom stereocenters. The van der Waals surface area contributed by atoms with Crippen LogP contribution in [0.2, 0.25) is 0 Å². The van der Waals surface area contributed by atoms with E-state index in [-0.39, 0.29) is 10.8 Å². The van der Waals surface area contributed by atoms with Crippen LogP contribution >= 0.6 is 15.9 Å². The Hall–Kier alpha value is -1.71. The van der Waals surface area contributed by atoms with Crippen molar-refractivity contribution in [2.24, 2.45) is 5.84 Å². The number of hydrazine groups is 1. The molecule has 0 aliphatic heterocycles. The fraction of sp³-hybridized carbons (Fsp3) is 0.0909. The van der Waals surface area contributed by atoms with Crippen molar-refractivity contribution in [3.8, 4) is 0 Å². The molecule has 9 heteroatoms. The number of benzene rings is 1. The molecule has 0 aliphatic rings. The minimum absolute atomic E-state index is 0.258. The van der Waals surface area contributed by atoms with E-state index in [9.17, 15) is 8.42 Å². The van der Waals surface area contributed by atoms with Crippen LogP contribution in [0.15, 0.2) is 39.8 Å². The monoisotopic (exact) mass is 357 g/mol. The third-order valence-corrected chi connectivity index (χ3v) is 4.13. The van der Waals surface area contributed by atoms with E-state index < -0.39 is 9.84 Å². The van der Waals surface area contributed by atoms with E-state index in [0.717, 1.165) is 6.26 Å². The van der Waals surface area contributed by atoms with Gasteiger partial charge in [0.05, 0.1) is 9.37 Å². The van der Waals surface area contributed by atoms with Gasteiger partial charge in [-0.25, -0.2) is 19.2 Å². The average molecular weight is 358 g/mol. The number of nitrogen functional groups attached to an aromatic ring is 1. The van der Waals surface area contributed by atoms with Crippen molar-refractivity contribution in [3.05, 3.63) is 34.9 Å². The minimum atomic E-state index is -3.20. The van der Waals surface area contributed by atoms with Gasteiger partial charge in [-0.1, -0.05) is 0 Å². The Morgan fingerprint density at radius 2 is 1.90 bits per heavy atom.